The summed E-state index contributed by atoms with van der Waals surface area (Å²) in [5, 5.41) is 11.2. The van der Waals surface area contributed by atoms with Gasteiger partial charge in [0.05, 0.1) is 6.54 Å². The van der Waals surface area contributed by atoms with Gasteiger partial charge in [-0.2, -0.15) is 0 Å². The third kappa shape index (κ3) is 0.767. The first-order chi connectivity index (χ1) is 3.63. The lowest BCUT2D eigenvalue weighted by Gasteiger charge is -2.30. The first-order valence-electron chi connectivity index (χ1n) is 2.84. The quantitative estimate of drug-likeness (QED) is 0.339. The molecule has 1 unspecified atom stereocenters. The molecule has 0 bridgehead atoms. The molecule has 0 saturated carbocycles. The van der Waals surface area contributed by atoms with Crippen LogP contribution in [0.1, 0.15) is 13.8 Å². The van der Waals surface area contributed by atoms with E-state index in [0.717, 1.165) is 0 Å². The largest absolute Gasteiger partial charge is 0.633 e. The molecule has 1 rings (SSSR count). The van der Waals surface area contributed by atoms with Gasteiger partial charge in [-0.3, -0.25) is 0 Å². The highest BCUT2D eigenvalue weighted by atomic mass is 16.5. The Balaban J connectivity index is 2.67. The van der Waals surface area contributed by atoms with Gasteiger partial charge in [0.1, 0.15) is 5.54 Å². The Labute approximate surface area is 49.4 Å². The summed E-state index contributed by atoms with van der Waals surface area (Å²) in [6.45, 7) is 4.52. The van der Waals surface area contributed by atoms with Gasteiger partial charge in [0.2, 0.25) is 0 Å². The molecule has 0 aromatic carbocycles. The van der Waals surface area contributed by atoms with E-state index in [0.29, 0.717) is 11.6 Å². The van der Waals surface area contributed by atoms with Crippen LogP contribution < -0.4 is 5.06 Å². The highest BCUT2D eigenvalue weighted by Crippen LogP contribution is 2.01. The lowest BCUT2D eigenvalue weighted by molar-refractivity contribution is -0.880. The van der Waals surface area contributed by atoms with Gasteiger partial charge in [0.15, 0.2) is 0 Å². The van der Waals surface area contributed by atoms with Crippen molar-refractivity contribution in [2.24, 2.45) is 0 Å². The average molecular weight is 113 g/mol. The zero-order chi connectivity index (χ0) is 6.20. The Morgan fingerprint density at radius 2 is 2.25 bits per heavy atom. The molecule has 0 radical (unpaired) electrons. The lowest BCUT2D eigenvalue weighted by atomic mass is 10.1. The number of rotatable bonds is 0. The summed E-state index contributed by atoms with van der Waals surface area (Å²) in [5.41, 5.74) is -0.167. The molecule has 1 atom stereocenters. The SMILES string of the molecule is CC1(C)C=CC[NH+]1[O-]. The normalized spacial score (nSPS) is 33.6. The molecular weight excluding hydrogens is 102 g/mol. The van der Waals surface area contributed by atoms with Gasteiger partial charge in [-0.15, -0.1) is 0 Å². The van der Waals surface area contributed by atoms with Crippen molar-refractivity contribution in [3.05, 3.63) is 17.4 Å². The van der Waals surface area contributed by atoms with Gasteiger partial charge < -0.3 is 10.3 Å². The lowest BCUT2D eigenvalue weighted by Crippen LogP contribution is -3.13. The van der Waals surface area contributed by atoms with E-state index in [9.17, 15) is 5.21 Å². The molecule has 8 heavy (non-hydrogen) atoms. The first-order valence-corrected chi connectivity index (χ1v) is 2.84. The fraction of sp³-hybridized carbons (Fsp3) is 0.667. The Kier molecular flexibility index (Phi) is 1.14. The molecule has 0 spiro atoms. The molecule has 0 aromatic rings. The van der Waals surface area contributed by atoms with E-state index in [1.807, 2.05) is 26.0 Å². The van der Waals surface area contributed by atoms with Crippen LogP contribution in [0.25, 0.3) is 0 Å². The number of hydrogen-bond acceptors (Lipinski definition) is 1. The predicted octanol–water partition coefficient (Wildman–Crippen LogP) is -0.282. The minimum Gasteiger partial charge on any atom is -0.633 e. The van der Waals surface area contributed by atoms with E-state index in [-0.39, 0.29) is 5.54 Å². The van der Waals surface area contributed by atoms with Crippen LogP contribution in [0, 0.1) is 5.21 Å². The molecular formula is C6H11NO. The molecule has 0 saturated heterocycles. The number of hydrogen-bond donors (Lipinski definition) is 1. The Hall–Kier alpha value is -0.340. The Morgan fingerprint density at radius 1 is 1.62 bits per heavy atom. The summed E-state index contributed by atoms with van der Waals surface area (Å²) in [4.78, 5) is 0. The number of hydroxylamine groups is 2. The minimum absolute atomic E-state index is 0.167. The van der Waals surface area contributed by atoms with E-state index in [4.69, 9.17) is 0 Å². The van der Waals surface area contributed by atoms with Gasteiger partial charge >= 0.3 is 0 Å². The highest BCUT2D eigenvalue weighted by molar-refractivity contribution is 5.00. The molecule has 2 nitrogen and oxygen atoms in total. The number of nitrogens with one attached hydrogen (secondary N) is 1. The third-order valence-corrected chi connectivity index (χ3v) is 1.56. The minimum atomic E-state index is -0.167. The molecule has 46 valence electrons. The molecule has 1 N–H and O–H groups in total. The molecule has 1 aliphatic rings. The van der Waals surface area contributed by atoms with Crippen molar-refractivity contribution < 1.29 is 5.06 Å². The van der Waals surface area contributed by atoms with Crippen LogP contribution in [0.15, 0.2) is 12.2 Å². The van der Waals surface area contributed by atoms with Gasteiger partial charge in [-0.05, 0) is 26.0 Å². The monoisotopic (exact) mass is 113 g/mol. The third-order valence-electron chi connectivity index (χ3n) is 1.56. The fourth-order valence-electron chi connectivity index (χ4n) is 0.817. The van der Waals surface area contributed by atoms with E-state index in [1.54, 1.807) is 0 Å². The van der Waals surface area contributed by atoms with Crippen molar-refractivity contribution in [2.45, 2.75) is 19.4 Å². The fourth-order valence-corrected chi connectivity index (χ4v) is 0.817. The van der Waals surface area contributed by atoms with Gasteiger partial charge in [-0.1, -0.05) is 0 Å². The molecule has 0 aliphatic carbocycles. The maximum atomic E-state index is 10.8. The predicted molar refractivity (Wildman–Crippen MR) is 32.4 cm³/mol. The first kappa shape index (κ1) is 5.79. The van der Waals surface area contributed by atoms with Crippen molar-refractivity contribution >= 4 is 0 Å². The summed E-state index contributed by atoms with van der Waals surface area (Å²) in [6, 6.07) is 0. The van der Waals surface area contributed by atoms with Crippen LogP contribution in [0.2, 0.25) is 0 Å². The van der Waals surface area contributed by atoms with E-state index >= 15 is 0 Å². The second kappa shape index (κ2) is 1.57. The molecule has 2 heteroatoms. The molecule has 0 fully saturated rings. The second-order valence-corrected chi connectivity index (χ2v) is 2.75. The Morgan fingerprint density at radius 3 is 2.38 bits per heavy atom. The maximum absolute atomic E-state index is 10.8. The van der Waals surface area contributed by atoms with Crippen LogP contribution in [-0.4, -0.2) is 12.1 Å². The number of quaternary nitrogens is 1. The summed E-state index contributed by atoms with van der Waals surface area (Å²) >= 11 is 0. The Bertz CT molecular complexity index is 118. The zero-order valence-corrected chi connectivity index (χ0v) is 5.27. The standard InChI is InChI=1S/C6H11NO/c1-6(2)4-3-5-7(6)8/h3-4,7H,5H2,1-2H3. The zero-order valence-electron chi connectivity index (χ0n) is 5.27. The summed E-state index contributed by atoms with van der Waals surface area (Å²) in [5.74, 6) is 0. The van der Waals surface area contributed by atoms with Crippen LogP contribution in [0.5, 0.6) is 0 Å². The summed E-state index contributed by atoms with van der Waals surface area (Å²) in [6.07, 6.45) is 3.90. The van der Waals surface area contributed by atoms with Crippen molar-refractivity contribution in [2.75, 3.05) is 6.54 Å². The van der Waals surface area contributed by atoms with Gasteiger partial charge in [0, 0.05) is 0 Å². The van der Waals surface area contributed by atoms with Crippen LogP contribution >= 0.6 is 0 Å². The molecule has 1 heterocycles. The topological polar surface area (TPSA) is 27.5 Å². The van der Waals surface area contributed by atoms with E-state index < -0.39 is 0 Å². The smallest absolute Gasteiger partial charge is 0.111 e. The van der Waals surface area contributed by atoms with Crippen LogP contribution in [-0.2, 0) is 0 Å². The van der Waals surface area contributed by atoms with Gasteiger partial charge in [-0.25, -0.2) is 0 Å². The maximum Gasteiger partial charge on any atom is 0.111 e. The molecule has 0 aromatic heterocycles. The van der Waals surface area contributed by atoms with E-state index in [2.05, 4.69) is 0 Å². The summed E-state index contributed by atoms with van der Waals surface area (Å²) < 4.78 is 0. The van der Waals surface area contributed by atoms with Crippen molar-refractivity contribution in [1.82, 2.24) is 0 Å². The van der Waals surface area contributed by atoms with Crippen LogP contribution in [0.3, 0.4) is 0 Å². The van der Waals surface area contributed by atoms with Crippen LogP contribution in [0.4, 0.5) is 0 Å². The van der Waals surface area contributed by atoms with E-state index in [1.165, 1.54) is 0 Å². The van der Waals surface area contributed by atoms with Crippen molar-refractivity contribution in [3.8, 4) is 0 Å². The second-order valence-electron chi connectivity index (χ2n) is 2.75. The molecule has 1 aliphatic heterocycles. The summed E-state index contributed by atoms with van der Waals surface area (Å²) in [7, 11) is 0. The van der Waals surface area contributed by atoms with Crippen molar-refractivity contribution in [1.29, 1.82) is 0 Å². The average Bonchev–Trinajstić information content (AvgIpc) is 1.86. The highest BCUT2D eigenvalue weighted by Gasteiger charge is 2.24. The molecule has 0 amide bonds. The van der Waals surface area contributed by atoms with Gasteiger partial charge in [0.25, 0.3) is 0 Å². The van der Waals surface area contributed by atoms with Crippen molar-refractivity contribution in [3.63, 3.8) is 0 Å².